The second-order valence-corrected chi connectivity index (χ2v) is 5.51. The molecule has 108 valence electrons. The van der Waals surface area contributed by atoms with Crippen molar-refractivity contribution in [3.8, 4) is 0 Å². The molecule has 0 atom stereocenters. The fourth-order valence-corrected chi connectivity index (χ4v) is 2.63. The molecule has 2 rings (SSSR count). The zero-order chi connectivity index (χ0) is 14.4. The molecule has 0 aromatic heterocycles. The second-order valence-electron chi connectivity index (χ2n) is 5.10. The molecule has 0 spiro atoms. The van der Waals surface area contributed by atoms with Crippen LogP contribution in [-0.2, 0) is 0 Å². The monoisotopic (exact) mass is 293 g/mol. The number of hydrogen-bond acceptors (Lipinski definition) is 2. The highest BCUT2D eigenvalue weighted by Crippen LogP contribution is 2.17. The van der Waals surface area contributed by atoms with Crippen molar-refractivity contribution in [2.75, 3.05) is 0 Å². The molecule has 0 saturated heterocycles. The normalized spacial score (nSPS) is 16.8. The summed E-state index contributed by atoms with van der Waals surface area (Å²) in [6.07, 6.45) is 6.11. The third-order valence-corrected chi connectivity index (χ3v) is 3.74. The van der Waals surface area contributed by atoms with Crippen LogP contribution in [0.3, 0.4) is 0 Å². The maximum atomic E-state index is 13.6. The quantitative estimate of drug-likeness (QED) is 0.510. The van der Waals surface area contributed by atoms with Crippen LogP contribution >= 0.6 is 12.2 Å². The predicted octanol–water partition coefficient (Wildman–Crippen LogP) is 3.35. The topological polar surface area (TPSA) is 36.4 Å². The molecule has 3 nitrogen and oxygen atoms in total. The van der Waals surface area contributed by atoms with E-state index >= 15 is 0 Å². The summed E-state index contributed by atoms with van der Waals surface area (Å²) in [5, 5.41) is 7.91. The van der Waals surface area contributed by atoms with Crippen LogP contribution < -0.4 is 10.7 Å². The number of halogens is 1. The van der Waals surface area contributed by atoms with Gasteiger partial charge in [0.1, 0.15) is 5.82 Å². The third-order valence-electron chi connectivity index (χ3n) is 3.53. The Kier molecular flexibility index (Phi) is 5.47. The Balaban J connectivity index is 1.88. The van der Waals surface area contributed by atoms with E-state index in [0.717, 1.165) is 12.8 Å². The fraction of sp³-hybridized carbons (Fsp3) is 0.467. The smallest absolute Gasteiger partial charge is 0.187 e. The van der Waals surface area contributed by atoms with Crippen LogP contribution in [0.2, 0.25) is 0 Å². The van der Waals surface area contributed by atoms with Crippen LogP contribution in [0.15, 0.2) is 29.4 Å². The number of benzene rings is 1. The summed E-state index contributed by atoms with van der Waals surface area (Å²) in [5.74, 6) is -0.276. The van der Waals surface area contributed by atoms with Crippen molar-refractivity contribution in [1.29, 1.82) is 0 Å². The van der Waals surface area contributed by atoms with E-state index in [1.165, 1.54) is 25.3 Å². The van der Waals surface area contributed by atoms with Crippen molar-refractivity contribution >= 4 is 23.0 Å². The van der Waals surface area contributed by atoms with Gasteiger partial charge in [0.05, 0.1) is 5.71 Å². The third kappa shape index (κ3) is 4.27. The van der Waals surface area contributed by atoms with E-state index in [1.54, 1.807) is 25.1 Å². The standard InChI is InChI=1S/C15H20FN3S/c1-11(13-9-5-6-10-14(13)16)18-19-15(20)17-12-7-3-2-4-8-12/h5-6,9-10,12H,2-4,7-8H2,1H3,(H2,17,19,20)/b18-11+. The lowest BCUT2D eigenvalue weighted by Crippen LogP contribution is -2.41. The zero-order valence-electron chi connectivity index (χ0n) is 11.7. The lowest BCUT2D eigenvalue weighted by molar-refractivity contribution is 0.412. The Labute approximate surface area is 124 Å². The Morgan fingerprint density at radius 1 is 1.25 bits per heavy atom. The average molecular weight is 293 g/mol. The van der Waals surface area contributed by atoms with Gasteiger partial charge in [0.25, 0.3) is 0 Å². The van der Waals surface area contributed by atoms with Gasteiger partial charge in [-0.3, -0.25) is 5.43 Å². The van der Waals surface area contributed by atoms with E-state index in [0.29, 0.717) is 22.4 Å². The van der Waals surface area contributed by atoms with Gasteiger partial charge in [-0.15, -0.1) is 0 Å². The van der Waals surface area contributed by atoms with Crippen LogP contribution in [0.25, 0.3) is 0 Å². The number of nitrogens with zero attached hydrogens (tertiary/aromatic N) is 1. The van der Waals surface area contributed by atoms with Gasteiger partial charge < -0.3 is 5.32 Å². The molecular weight excluding hydrogens is 273 g/mol. The van der Waals surface area contributed by atoms with Crippen LogP contribution in [0.4, 0.5) is 4.39 Å². The first-order valence-electron chi connectivity index (χ1n) is 7.02. The lowest BCUT2D eigenvalue weighted by Gasteiger charge is -2.23. The van der Waals surface area contributed by atoms with Gasteiger partial charge in [0.15, 0.2) is 5.11 Å². The Bertz CT molecular complexity index is 496. The van der Waals surface area contributed by atoms with Crippen LogP contribution in [0.5, 0.6) is 0 Å². The van der Waals surface area contributed by atoms with Gasteiger partial charge in [-0.1, -0.05) is 37.5 Å². The maximum absolute atomic E-state index is 13.6. The minimum Gasteiger partial charge on any atom is -0.359 e. The first-order chi connectivity index (χ1) is 9.66. The van der Waals surface area contributed by atoms with Crippen molar-refractivity contribution < 1.29 is 4.39 Å². The summed E-state index contributed by atoms with van der Waals surface area (Å²) < 4.78 is 13.6. The summed E-state index contributed by atoms with van der Waals surface area (Å²) in [6, 6.07) is 7.01. The summed E-state index contributed by atoms with van der Waals surface area (Å²) in [4.78, 5) is 0. The van der Waals surface area contributed by atoms with Gasteiger partial charge in [0, 0.05) is 11.6 Å². The molecule has 5 heteroatoms. The van der Waals surface area contributed by atoms with Gasteiger partial charge in [-0.25, -0.2) is 4.39 Å². The van der Waals surface area contributed by atoms with Gasteiger partial charge in [0.2, 0.25) is 0 Å². The largest absolute Gasteiger partial charge is 0.359 e. The fourth-order valence-electron chi connectivity index (χ4n) is 2.41. The summed E-state index contributed by atoms with van der Waals surface area (Å²) >= 11 is 5.21. The Morgan fingerprint density at radius 2 is 1.95 bits per heavy atom. The second kappa shape index (κ2) is 7.33. The highest BCUT2D eigenvalue weighted by Gasteiger charge is 2.13. The first-order valence-corrected chi connectivity index (χ1v) is 7.43. The van der Waals surface area contributed by atoms with Gasteiger partial charge in [-0.05, 0) is 38.0 Å². The summed E-state index contributed by atoms with van der Waals surface area (Å²) in [5.41, 5.74) is 3.86. The average Bonchev–Trinajstić information content (AvgIpc) is 2.46. The van der Waals surface area contributed by atoms with Crippen LogP contribution in [-0.4, -0.2) is 16.9 Å². The van der Waals surface area contributed by atoms with Crippen LogP contribution in [0, 0.1) is 5.82 Å². The molecule has 1 aromatic carbocycles. The van der Waals surface area contributed by atoms with E-state index < -0.39 is 0 Å². The molecular formula is C15H20FN3S. The highest BCUT2D eigenvalue weighted by molar-refractivity contribution is 7.80. The number of thiocarbonyl (C=S) groups is 1. The molecule has 0 aliphatic heterocycles. The summed E-state index contributed by atoms with van der Waals surface area (Å²) in [6.45, 7) is 1.76. The Hall–Kier alpha value is -1.49. The molecule has 1 aliphatic rings. The molecule has 2 N–H and O–H groups in total. The SMILES string of the molecule is C/C(=N\NC(=S)NC1CCCCC1)c1ccccc1F. The summed E-state index contributed by atoms with van der Waals surface area (Å²) in [7, 11) is 0. The first kappa shape index (κ1) is 14.9. The molecule has 1 saturated carbocycles. The lowest BCUT2D eigenvalue weighted by atomic mass is 9.96. The van der Waals surface area contributed by atoms with Crippen molar-refractivity contribution in [3.63, 3.8) is 0 Å². The molecule has 1 fully saturated rings. The zero-order valence-corrected chi connectivity index (χ0v) is 12.5. The number of hydrazone groups is 1. The minimum absolute atomic E-state index is 0.276. The van der Waals surface area contributed by atoms with Crippen molar-refractivity contribution in [2.45, 2.75) is 45.1 Å². The predicted molar refractivity (Wildman–Crippen MR) is 84.4 cm³/mol. The van der Waals surface area contributed by atoms with E-state index in [4.69, 9.17) is 12.2 Å². The van der Waals surface area contributed by atoms with Crippen molar-refractivity contribution in [1.82, 2.24) is 10.7 Å². The van der Waals surface area contributed by atoms with Crippen molar-refractivity contribution in [2.24, 2.45) is 5.10 Å². The molecule has 0 bridgehead atoms. The molecule has 0 unspecified atom stereocenters. The highest BCUT2D eigenvalue weighted by atomic mass is 32.1. The molecule has 1 aliphatic carbocycles. The van der Waals surface area contributed by atoms with Crippen LogP contribution in [0.1, 0.15) is 44.6 Å². The minimum atomic E-state index is -0.276. The maximum Gasteiger partial charge on any atom is 0.187 e. The van der Waals surface area contributed by atoms with E-state index in [2.05, 4.69) is 15.8 Å². The number of hydrogen-bond donors (Lipinski definition) is 2. The van der Waals surface area contributed by atoms with Gasteiger partial charge in [-0.2, -0.15) is 5.10 Å². The molecule has 20 heavy (non-hydrogen) atoms. The van der Waals surface area contributed by atoms with Crippen molar-refractivity contribution in [3.05, 3.63) is 35.6 Å². The number of nitrogens with one attached hydrogen (secondary N) is 2. The molecule has 0 radical (unpaired) electrons. The van der Waals surface area contributed by atoms with E-state index in [1.807, 2.05) is 0 Å². The number of rotatable bonds is 3. The molecule has 0 heterocycles. The van der Waals surface area contributed by atoms with E-state index in [9.17, 15) is 4.39 Å². The molecule has 0 amide bonds. The van der Waals surface area contributed by atoms with Gasteiger partial charge >= 0.3 is 0 Å². The van der Waals surface area contributed by atoms with E-state index in [-0.39, 0.29) is 5.82 Å². The Morgan fingerprint density at radius 3 is 2.65 bits per heavy atom. The molecule has 1 aromatic rings.